The summed E-state index contributed by atoms with van der Waals surface area (Å²) in [4.78, 5) is 12.2. The number of hydrogen-bond donors (Lipinski definition) is 1. The molecule has 0 saturated heterocycles. The average Bonchev–Trinajstić information content (AvgIpc) is 2.58. The second-order valence-corrected chi connectivity index (χ2v) is 6.34. The molecule has 2 aromatic carbocycles. The van der Waals surface area contributed by atoms with Crippen LogP contribution in [0.15, 0.2) is 36.4 Å². The van der Waals surface area contributed by atoms with Crippen LogP contribution < -0.4 is 14.8 Å². The van der Waals surface area contributed by atoms with Crippen molar-refractivity contribution >= 4 is 5.91 Å². The normalized spacial score (nSPS) is 11.7. The third-order valence-electron chi connectivity index (χ3n) is 4.38. The Morgan fingerprint density at radius 1 is 1.04 bits per heavy atom. The maximum atomic E-state index is 12.2. The Balaban J connectivity index is 1.77. The monoisotopic (exact) mass is 341 g/mol. The first-order chi connectivity index (χ1) is 11.9. The fourth-order valence-electron chi connectivity index (χ4n) is 2.39. The van der Waals surface area contributed by atoms with Crippen LogP contribution in [0.25, 0.3) is 0 Å². The van der Waals surface area contributed by atoms with Crippen molar-refractivity contribution in [2.45, 2.75) is 40.7 Å². The minimum Gasteiger partial charge on any atom is -0.492 e. The Kier molecular flexibility index (Phi) is 6.45. The Hall–Kier alpha value is -2.49. The van der Waals surface area contributed by atoms with Gasteiger partial charge < -0.3 is 14.8 Å². The molecule has 134 valence electrons. The van der Waals surface area contributed by atoms with Crippen molar-refractivity contribution in [1.82, 2.24) is 5.32 Å². The van der Waals surface area contributed by atoms with Gasteiger partial charge in [0.1, 0.15) is 18.1 Å². The molecule has 25 heavy (non-hydrogen) atoms. The van der Waals surface area contributed by atoms with Crippen LogP contribution in [-0.4, -0.2) is 25.2 Å². The van der Waals surface area contributed by atoms with Crippen molar-refractivity contribution in [3.8, 4) is 11.5 Å². The van der Waals surface area contributed by atoms with E-state index in [2.05, 4.69) is 19.2 Å². The fourth-order valence-corrected chi connectivity index (χ4v) is 2.39. The quantitative estimate of drug-likeness (QED) is 0.778. The number of carbonyl (C=O) groups is 1. The van der Waals surface area contributed by atoms with Crippen LogP contribution in [0.4, 0.5) is 0 Å². The lowest BCUT2D eigenvalue weighted by atomic mass is 10.1. The number of hydrogen-bond acceptors (Lipinski definition) is 3. The summed E-state index contributed by atoms with van der Waals surface area (Å²) in [7, 11) is 0. The van der Waals surface area contributed by atoms with Gasteiger partial charge in [0.25, 0.3) is 5.91 Å². The lowest BCUT2D eigenvalue weighted by Gasteiger charge is -2.17. The highest BCUT2D eigenvalue weighted by molar-refractivity contribution is 5.80. The third-order valence-corrected chi connectivity index (χ3v) is 4.38. The molecule has 0 aliphatic carbocycles. The van der Waals surface area contributed by atoms with Crippen molar-refractivity contribution in [1.29, 1.82) is 0 Å². The molecule has 2 rings (SSSR count). The lowest BCUT2D eigenvalue weighted by molar-refractivity contribution is -0.127. The van der Waals surface area contributed by atoms with Crippen LogP contribution in [0.3, 0.4) is 0 Å². The van der Waals surface area contributed by atoms with Crippen LogP contribution in [0.5, 0.6) is 11.5 Å². The first-order valence-electron chi connectivity index (χ1n) is 8.59. The van der Waals surface area contributed by atoms with Gasteiger partial charge in [-0.1, -0.05) is 18.2 Å². The molecule has 0 bridgehead atoms. The van der Waals surface area contributed by atoms with E-state index in [9.17, 15) is 4.79 Å². The van der Waals surface area contributed by atoms with Crippen LogP contribution >= 0.6 is 0 Å². The van der Waals surface area contributed by atoms with Gasteiger partial charge in [0.15, 0.2) is 6.10 Å². The summed E-state index contributed by atoms with van der Waals surface area (Å²) in [5.74, 6) is 1.41. The molecular weight excluding hydrogens is 314 g/mol. The van der Waals surface area contributed by atoms with Crippen molar-refractivity contribution in [2.75, 3.05) is 13.2 Å². The molecule has 0 unspecified atom stereocenters. The molecule has 1 atom stereocenters. The summed E-state index contributed by atoms with van der Waals surface area (Å²) in [6, 6.07) is 11.8. The van der Waals surface area contributed by atoms with Crippen molar-refractivity contribution in [3.05, 3.63) is 58.7 Å². The minimum absolute atomic E-state index is 0.149. The minimum atomic E-state index is -0.554. The van der Waals surface area contributed by atoms with E-state index in [1.807, 2.05) is 50.2 Å². The van der Waals surface area contributed by atoms with E-state index >= 15 is 0 Å². The SMILES string of the molecule is Cc1ccc(OCCNC(=O)[C@H](C)Oc2cccc(C)c2C)cc1C. The molecule has 2 aromatic rings. The standard InChI is InChI=1S/C21H27NO3/c1-14-9-10-19(13-16(14)3)24-12-11-22-21(23)18(5)25-20-8-6-7-15(2)17(20)4/h6-10,13,18H,11-12H2,1-5H3,(H,22,23)/t18-/m0/s1. The lowest BCUT2D eigenvalue weighted by Crippen LogP contribution is -2.38. The first kappa shape index (κ1) is 18.8. The third kappa shape index (κ3) is 5.24. The van der Waals surface area contributed by atoms with E-state index in [0.29, 0.717) is 13.2 Å². The molecule has 0 radical (unpaired) electrons. The Morgan fingerprint density at radius 2 is 1.80 bits per heavy atom. The number of aryl methyl sites for hydroxylation is 3. The predicted octanol–water partition coefficient (Wildman–Crippen LogP) is 3.88. The molecule has 0 heterocycles. The number of nitrogens with one attached hydrogen (secondary N) is 1. The summed E-state index contributed by atoms with van der Waals surface area (Å²) in [6.45, 7) is 10.7. The summed E-state index contributed by atoms with van der Waals surface area (Å²) in [6.07, 6.45) is -0.554. The summed E-state index contributed by atoms with van der Waals surface area (Å²) in [5, 5.41) is 2.84. The topological polar surface area (TPSA) is 47.6 Å². The van der Waals surface area contributed by atoms with Gasteiger partial charge in [-0.3, -0.25) is 4.79 Å². The van der Waals surface area contributed by atoms with Crippen molar-refractivity contribution in [3.63, 3.8) is 0 Å². The largest absolute Gasteiger partial charge is 0.492 e. The summed E-state index contributed by atoms with van der Waals surface area (Å²) >= 11 is 0. The van der Waals surface area contributed by atoms with Gasteiger partial charge in [0, 0.05) is 0 Å². The molecule has 0 aliphatic heterocycles. The molecule has 0 fully saturated rings. The highest BCUT2D eigenvalue weighted by atomic mass is 16.5. The van der Waals surface area contributed by atoms with Gasteiger partial charge in [0.05, 0.1) is 6.54 Å². The van der Waals surface area contributed by atoms with Gasteiger partial charge in [-0.05, 0) is 75.1 Å². The fraction of sp³-hybridized carbons (Fsp3) is 0.381. The second-order valence-electron chi connectivity index (χ2n) is 6.34. The molecule has 4 heteroatoms. The highest BCUT2D eigenvalue weighted by Gasteiger charge is 2.15. The number of benzene rings is 2. The van der Waals surface area contributed by atoms with Crippen molar-refractivity contribution < 1.29 is 14.3 Å². The number of carbonyl (C=O) groups excluding carboxylic acids is 1. The van der Waals surface area contributed by atoms with Gasteiger partial charge in [0.2, 0.25) is 0 Å². The van der Waals surface area contributed by atoms with Crippen LogP contribution in [0, 0.1) is 27.7 Å². The molecule has 0 aliphatic rings. The average molecular weight is 341 g/mol. The van der Waals surface area contributed by atoms with E-state index in [4.69, 9.17) is 9.47 Å². The van der Waals surface area contributed by atoms with E-state index in [1.54, 1.807) is 6.92 Å². The maximum absolute atomic E-state index is 12.2. The molecule has 4 nitrogen and oxygen atoms in total. The summed E-state index contributed by atoms with van der Waals surface area (Å²) < 4.78 is 11.4. The second kappa shape index (κ2) is 8.56. The van der Waals surface area contributed by atoms with E-state index in [0.717, 1.165) is 22.6 Å². The molecule has 0 aromatic heterocycles. The van der Waals surface area contributed by atoms with Crippen molar-refractivity contribution in [2.24, 2.45) is 0 Å². The predicted molar refractivity (Wildman–Crippen MR) is 100 cm³/mol. The van der Waals surface area contributed by atoms with E-state index in [-0.39, 0.29) is 5.91 Å². The highest BCUT2D eigenvalue weighted by Crippen LogP contribution is 2.21. The zero-order valence-corrected chi connectivity index (χ0v) is 15.7. The number of ether oxygens (including phenoxy) is 2. The van der Waals surface area contributed by atoms with Gasteiger partial charge >= 0.3 is 0 Å². The van der Waals surface area contributed by atoms with Crippen LogP contribution in [0.2, 0.25) is 0 Å². The van der Waals surface area contributed by atoms with Gasteiger partial charge in [-0.2, -0.15) is 0 Å². The zero-order chi connectivity index (χ0) is 18.4. The van der Waals surface area contributed by atoms with Gasteiger partial charge in [-0.25, -0.2) is 0 Å². The van der Waals surface area contributed by atoms with E-state index in [1.165, 1.54) is 11.1 Å². The smallest absolute Gasteiger partial charge is 0.260 e. The molecule has 0 spiro atoms. The Bertz CT molecular complexity index is 740. The summed E-state index contributed by atoms with van der Waals surface area (Å²) in [5.41, 5.74) is 4.63. The molecular formula is C21H27NO3. The van der Waals surface area contributed by atoms with Crippen LogP contribution in [0.1, 0.15) is 29.2 Å². The zero-order valence-electron chi connectivity index (χ0n) is 15.7. The molecule has 1 N–H and O–H groups in total. The maximum Gasteiger partial charge on any atom is 0.260 e. The Labute approximate surface area is 150 Å². The number of rotatable bonds is 7. The first-order valence-corrected chi connectivity index (χ1v) is 8.59. The molecule has 0 saturated carbocycles. The van der Waals surface area contributed by atoms with E-state index < -0.39 is 6.10 Å². The Morgan fingerprint density at radius 3 is 2.52 bits per heavy atom. The molecule has 1 amide bonds. The van der Waals surface area contributed by atoms with Crippen LogP contribution in [-0.2, 0) is 4.79 Å². The number of amides is 1. The van der Waals surface area contributed by atoms with Gasteiger partial charge in [-0.15, -0.1) is 0 Å².